The van der Waals surface area contributed by atoms with Gasteiger partial charge in [0, 0.05) is 41.8 Å². The molecule has 0 bridgehead atoms. The number of carbonyl (C=O) groups excluding carboxylic acids is 1. The number of anilines is 1. The molecule has 0 radical (unpaired) electrons. The first-order valence-electron chi connectivity index (χ1n) is 7.48. The lowest BCUT2D eigenvalue weighted by atomic mass is 10.2. The van der Waals surface area contributed by atoms with Crippen LogP contribution in [0, 0.1) is 0 Å². The lowest BCUT2D eigenvalue weighted by Gasteiger charge is -2.10. The van der Waals surface area contributed by atoms with Gasteiger partial charge in [0.05, 0.1) is 5.02 Å². The number of imidazole rings is 1. The van der Waals surface area contributed by atoms with Crippen LogP contribution in [-0.4, -0.2) is 22.1 Å². The van der Waals surface area contributed by atoms with E-state index >= 15 is 0 Å². The number of hydrogen-bond donors (Lipinski definition) is 1. The first-order chi connectivity index (χ1) is 12.0. The Bertz CT molecular complexity index is 909. The molecule has 3 rings (SSSR count). The molecule has 0 saturated heterocycles. The van der Waals surface area contributed by atoms with E-state index in [1.54, 1.807) is 30.5 Å². The number of hydrogen-bond acceptors (Lipinski definition) is 3. The topological polar surface area (TPSA) is 56.2 Å². The molecule has 0 aliphatic rings. The summed E-state index contributed by atoms with van der Waals surface area (Å²) in [7, 11) is 1.91. The molecule has 0 spiro atoms. The fraction of sp³-hybridized carbons (Fsp3) is 0.111. The molecule has 7 heteroatoms. The molecule has 0 saturated carbocycles. The molecule has 0 unspecified atom stereocenters. The predicted molar refractivity (Wildman–Crippen MR) is 99.2 cm³/mol. The Labute approximate surface area is 155 Å². The molecular weight excluding hydrogens is 361 g/mol. The number of rotatable bonds is 5. The molecule has 1 amide bonds. The van der Waals surface area contributed by atoms with Gasteiger partial charge >= 0.3 is 0 Å². The van der Waals surface area contributed by atoms with Crippen LogP contribution in [0.15, 0.2) is 54.9 Å². The van der Waals surface area contributed by atoms with Crippen molar-refractivity contribution in [2.24, 2.45) is 7.05 Å². The van der Waals surface area contributed by atoms with Crippen molar-refractivity contribution < 1.29 is 9.53 Å². The van der Waals surface area contributed by atoms with E-state index in [4.69, 9.17) is 27.9 Å². The molecule has 0 aliphatic carbocycles. The minimum atomic E-state index is -0.298. The van der Waals surface area contributed by atoms with E-state index in [9.17, 15) is 4.79 Å². The highest BCUT2D eigenvalue weighted by molar-refractivity contribution is 6.34. The van der Waals surface area contributed by atoms with Crippen molar-refractivity contribution in [3.63, 3.8) is 0 Å². The molecule has 0 atom stereocenters. The summed E-state index contributed by atoms with van der Waals surface area (Å²) in [4.78, 5) is 16.4. The molecule has 128 valence electrons. The van der Waals surface area contributed by atoms with E-state index in [0.29, 0.717) is 21.5 Å². The van der Waals surface area contributed by atoms with Crippen LogP contribution in [-0.2, 0) is 11.8 Å². The maximum atomic E-state index is 12.1. The van der Waals surface area contributed by atoms with Crippen LogP contribution in [0.2, 0.25) is 10.0 Å². The van der Waals surface area contributed by atoms with Crippen molar-refractivity contribution in [1.29, 1.82) is 0 Å². The van der Waals surface area contributed by atoms with E-state index in [1.165, 1.54) is 0 Å². The third-order valence-corrected chi connectivity index (χ3v) is 4.03. The number of aromatic nitrogens is 2. The number of nitrogens with one attached hydrogen (secondary N) is 1. The molecule has 1 aromatic heterocycles. The summed E-state index contributed by atoms with van der Waals surface area (Å²) in [5, 5.41) is 3.68. The highest BCUT2D eigenvalue weighted by Gasteiger charge is 2.09. The Kier molecular flexibility index (Phi) is 5.26. The van der Waals surface area contributed by atoms with Crippen molar-refractivity contribution in [2.75, 3.05) is 11.9 Å². The zero-order valence-corrected chi connectivity index (χ0v) is 14.9. The Morgan fingerprint density at radius 2 is 2.08 bits per heavy atom. The molecule has 0 aliphatic heterocycles. The van der Waals surface area contributed by atoms with Gasteiger partial charge in [0.1, 0.15) is 11.6 Å². The fourth-order valence-corrected chi connectivity index (χ4v) is 2.64. The Morgan fingerprint density at radius 3 is 2.84 bits per heavy atom. The van der Waals surface area contributed by atoms with Crippen LogP contribution in [0.3, 0.4) is 0 Å². The number of benzene rings is 2. The number of ether oxygens (including phenoxy) is 1. The van der Waals surface area contributed by atoms with Gasteiger partial charge in [0.15, 0.2) is 6.61 Å². The van der Waals surface area contributed by atoms with Gasteiger partial charge in [0.25, 0.3) is 5.91 Å². The average Bonchev–Trinajstić information content (AvgIpc) is 3.02. The lowest BCUT2D eigenvalue weighted by Crippen LogP contribution is -2.20. The smallest absolute Gasteiger partial charge is 0.262 e. The summed E-state index contributed by atoms with van der Waals surface area (Å²) >= 11 is 11.9. The largest absolute Gasteiger partial charge is 0.482 e. The summed E-state index contributed by atoms with van der Waals surface area (Å²) in [5.41, 5.74) is 1.57. The third-order valence-electron chi connectivity index (χ3n) is 3.48. The maximum absolute atomic E-state index is 12.1. The van der Waals surface area contributed by atoms with Gasteiger partial charge in [0.2, 0.25) is 0 Å². The van der Waals surface area contributed by atoms with Crippen molar-refractivity contribution >= 4 is 34.8 Å². The zero-order valence-electron chi connectivity index (χ0n) is 13.4. The van der Waals surface area contributed by atoms with Crippen molar-refractivity contribution in [2.45, 2.75) is 0 Å². The lowest BCUT2D eigenvalue weighted by molar-refractivity contribution is -0.118. The average molecular weight is 376 g/mol. The zero-order chi connectivity index (χ0) is 17.8. The summed E-state index contributed by atoms with van der Waals surface area (Å²) < 4.78 is 7.34. The second kappa shape index (κ2) is 7.59. The number of nitrogens with zero attached hydrogens (tertiary/aromatic N) is 2. The molecule has 1 heterocycles. The summed E-state index contributed by atoms with van der Waals surface area (Å²) in [6.07, 6.45) is 3.59. The highest BCUT2D eigenvalue weighted by Crippen LogP contribution is 2.27. The van der Waals surface area contributed by atoms with Crippen LogP contribution in [0.1, 0.15) is 0 Å². The maximum Gasteiger partial charge on any atom is 0.262 e. The van der Waals surface area contributed by atoms with Crippen LogP contribution < -0.4 is 10.1 Å². The predicted octanol–water partition coefficient (Wildman–Crippen LogP) is 4.41. The third kappa shape index (κ3) is 4.32. The quantitative estimate of drug-likeness (QED) is 0.718. The van der Waals surface area contributed by atoms with E-state index in [2.05, 4.69) is 10.3 Å². The van der Waals surface area contributed by atoms with Gasteiger partial charge in [-0.2, -0.15) is 0 Å². The van der Waals surface area contributed by atoms with Gasteiger partial charge in [-0.05, 0) is 24.3 Å². The standard InChI is InChI=1S/C18H15Cl2N3O2/c1-23-8-7-21-18(23)12-3-2-4-14(9-12)22-17(24)11-25-16-10-13(19)5-6-15(16)20/h2-10H,11H2,1H3,(H,22,24). The summed E-state index contributed by atoms with van der Waals surface area (Å²) in [6.45, 7) is -0.174. The monoisotopic (exact) mass is 375 g/mol. The first-order valence-corrected chi connectivity index (χ1v) is 8.24. The molecule has 3 aromatic rings. The molecule has 1 N–H and O–H groups in total. The SMILES string of the molecule is Cn1ccnc1-c1cccc(NC(=O)COc2cc(Cl)ccc2Cl)c1. The number of halogens is 2. The minimum Gasteiger partial charge on any atom is -0.482 e. The van der Waals surface area contributed by atoms with E-state index < -0.39 is 0 Å². The second-order valence-corrected chi connectivity index (χ2v) is 6.20. The van der Waals surface area contributed by atoms with Gasteiger partial charge < -0.3 is 14.6 Å². The molecule has 25 heavy (non-hydrogen) atoms. The molecule has 5 nitrogen and oxygen atoms in total. The normalized spacial score (nSPS) is 10.5. The molecular formula is C18H15Cl2N3O2. The van der Waals surface area contributed by atoms with Crippen LogP contribution in [0.4, 0.5) is 5.69 Å². The summed E-state index contributed by atoms with van der Waals surface area (Å²) in [5.74, 6) is 0.886. The highest BCUT2D eigenvalue weighted by atomic mass is 35.5. The van der Waals surface area contributed by atoms with Crippen molar-refractivity contribution in [3.05, 3.63) is 64.9 Å². The van der Waals surface area contributed by atoms with E-state index in [1.807, 2.05) is 36.0 Å². The molecule has 2 aromatic carbocycles. The minimum absolute atomic E-state index is 0.174. The number of aryl methyl sites for hydroxylation is 1. The van der Waals surface area contributed by atoms with E-state index in [-0.39, 0.29) is 12.5 Å². The Balaban J connectivity index is 1.65. The molecule has 0 fully saturated rings. The first kappa shape index (κ1) is 17.3. The number of carbonyl (C=O) groups is 1. The van der Waals surface area contributed by atoms with Crippen LogP contribution in [0.5, 0.6) is 5.75 Å². The van der Waals surface area contributed by atoms with Gasteiger partial charge in [-0.25, -0.2) is 4.98 Å². The van der Waals surface area contributed by atoms with E-state index in [0.717, 1.165) is 11.4 Å². The van der Waals surface area contributed by atoms with Crippen LogP contribution >= 0.6 is 23.2 Å². The second-order valence-electron chi connectivity index (χ2n) is 5.35. The Morgan fingerprint density at radius 1 is 1.24 bits per heavy atom. The van der Waals surface area contributed by atoms with Crippen molar-refractivity contribution in [1.82, 2.24) is 9.55 Å². The fourth-order valence-electron chi connectivity index (χ4n) is 2.31. The van der Waals surface area contributed by atoms with Gasteiger partial charge in [-0.1, -0.05) is 35.3 Å². The van der Waals surface area contributed by atoms with Gasteiger partial charge in [-0.3, -0.25) is 4.79 Å². The Hall–Kier alpha value is -2.50. The van der Waals surface area contributed by atoms with Gasteiger partial charge in [-0.15, -0.1) is 0 Å². The van der Waals surface area contributed by atoms with Crippen LogP contribution in [0.25, 0.3) is 11.4 Å². The number of amides is 1. The van der Waals surface area contributed by atoms with Crippen molar-refractivity contribution in [3.8, 4) is 17.1 Å². The summed E-state index contributed by atoms with van der Waals surface area (Å²) in [6, 6.07) is 12.3.